The molecule has 0 saturated carbocycles. The Kier molecular flexibility index (Phi) is 6.51. The van der Waals surface area contributed by atoms with Crippen LogP contribution in [0.15, 0.2) is 79.4 Å². The number of aliphatic hydroxyl groups excluding tert-OH is 1. The molecule has 0 spiro atoms. The van der Waals surface area contributed by atoms with E-state index in [9.17, 15) is 15.0 Å². The molecule has 0 saturated heterocycles. The van der Waals surface area contributed by atoms with Crippen LogP contribution in [-0.4, -0.2) is 38.8 Å². The molecule has 0 aromatic heterocycles. The van der Waals surface area contributed by atoms with Gasteiger partial charge in [-0.1, -0.05) is 72.9 Å². The highest BCUT2D eigenvalue weighted by Crippen LogP contribution is 2.32. The minimum Gasteiger partial charge on any atom is -0.479 e. The van der Waals surface area contributed by atoms with Gasteiger partial charge in [-0.3, -0.25) is 4.90 Å². The number of carboxylic acids is 1. The summed E-state index contributed by atoms with van der Waals surface area (Å²) in [7, 11) is 0. The van der Waals surface area contributed by atoms with Crippen molar-refractivity contribution in [3.63, 3.8) is 0 Å². The van der Waals surface area contributed by atoms with Crippen LogP contribution in [0.5, 0.6) is 0 Å². The Hall–Kier alpha value is -2.43. The molecule has 2 unspecified atom stereocenters. The quantitative estimate of drug-likeness (QED) is 0.713. The predicted octanol–water partition coefficient (Wildman–Crippen LogP) is 3.32. The molecule has 0 amide bonds. The Labute approximate surface area is 149 Å². The van der Waals surface area contributed by atoms with Crippen LogP contribution in [-0.2, 0) is 11.3 Å². The number of rotatable bonds is 8. The van der Waals surface area contributed by atoms with Crippen molar-refractivity contribution in [3.05, 3.63) is 85.0 Å². The highest BCUT2D eigenvalue weighted by Gasteiger charge is 2.40. The van der Waals surface area contributed by atoms with Crippen molar-refractivity contribution in [1.82, 2.24) is 4.90 Å². The zero-order valence-electron chi connectivity index (χ0n) is 14.5. The van der Waals surface area contributed by atoms with Crippen molar-refractivity contribution >= 4 is 5.97 Å². The summed E-state index contributed by atoms with van der Waals surface area (Å²) >= 11 is 0. The second-order valence-electron chi connectivity index (χ2n) is 6.10. The third-order valence-electron chi connectivity index (χ3n) is 4.49. The van der Waals surface area contributed by atoms with Gasteiger partial charge < -0.3 is 10.2 Å². The molecular formula is C21H25NO3. The summed E-state index contributed by atoms with van der Waals surface area (Å²) in [6, 6.07) is 9.14. The van der Waals surface area contributed by atoms with Gasteiger partial charge in [0, 0.05) is 6.54 Å². The molecule has 1 aliphatic rings. The van der Waals surface area contributed by atoms with Gasteiger partial charge in [0.25, 0.3) is 0 Å². The monoisotopic (exact) mass is 339 g/mol. The summed E-state index contributed by atoms with van der Waals surface area (Å²) < 4.78 is 0. The maximum atomic E-state index is 11.5. The first-order valence-electron chi connectivity index (χ1n) is 8.36. The number of aliphatic hydroxyl groups is 1. The third-order valence-corrected chi connectivity index (χ3v) is 4.49. The van der Waals surface area contributed by atoms with Crippen molar-refractivity contribution in [2.45, 2.75) is 37.6 Å². The standard InChI is InChI=1S/C21H25NO3/c1-3-11-18(19(23)20(24)25)22(16-17-12-7-5-8-13-17)21(4-2)14-9-6-10-15-21/h3-14,18-19,23H,2,15-16H2,1H3,(H,24,25)/t18?,19?,21-/m0/s1. The highest BCUT2D eigenvalue weighted by atomic mass is 16.4. The highest BCUT2D eigenvalue weighted by molar-refractivity contribution is 5.73. The Bertz CT molecular complexity index is 678. The maximum absolute atomic E-state index is 11.5. The molecule has 3 atom stereocenters. The average molecular weight is 339 g/mol. The number of allylic oxidation sites excluding steroid dienone is 3. The minimum absolute atomic E-state index is 0.490. The van der Waals surface area contributed by atoms with Crippen LogP contribution in [0, 0.1) is 0 Å². The lowest BCUT2D eigenvalue weighted by molar-refractivity contribution is -0.150. The van der Waals surface area contributed by atoms with Gasteiger partial charge in [-0.05, 0) is 18.9 Å². The van der Waals surface area contributed by atoms with E-state index in [1.54, 1.807) is 12.2 Å². The van der Waals surface area contributed by atoms with Crippen molar-refractivity contribution in [2.75, 3.05) is 0 Å². The third kappa shape index (κ3) is 4.35. The number of benzene rings is 1. The lowest BCUT2D eigenvalue weighted by atomic mass is 9.86. The lowest BCUT2D eigenvalue weighted by Crippen LogP contribution is -2.56. The number of hydrogen-bond donors (Lipinski definition) is 2. The van der Waals surface area contributed by atoms with E-state index in [1.807, 2.05) is 72.5 Å². The zero-order valence-corrected chi connectivity index (χ0v) is 14.5. The summed E-state index contributed by atoms with van der Waals surface area (Å²) in [6.45, 7) is 6.30. The Morgan fingerprint density at radius 3 is 2.60 bits per heavy atom. The first-order valence-corrected chi connectivity index (χ1v) is 8.36. The molecular weight excluding hydrogens is 314 g/mol. The molecule has 25 heavy (non-hydrogen) atoms. The van der Waals surface area contributed by atoms with Crippen molar-refractivity contribution < 1.29 is 15.0 Å². The van der Waals surface area contributed by atoms with E-state index in [0.717, 1.165) is 5.56 Å². The molecule has 4 nitrogen and oxygen atoms in total. The lowest BCUT2D eigenvalue weighted by Gasteiger charge is -2.45. The predicted molar refractivity (Wildman–Crippen MR) is 100 cm³/mol. The van der Waals surface area contributed by atoms with E-state index < -0.39 is 23.7 Å². The summed E-state index contributed by atoms with van der Waals surface area (Å²) in [5.41, 5.74) is 0.476. The second-order valence-corrected chi connectivity index (χ2v) is 6.10. The van der Waals surface area contributed by atoms with Gasteiger partial charge in [0.05, 0.1) is 11.6 Å². The molecule has 0 radical (unpaired) electrons. The molecule has 0 aliphatic heterocycles. The van der Waals surface area contributed by atoms with Gasteiger partial charge in [-0.25, -0.2) is 4.79 Å². The maximum Gasteiger partial charge on any atom is 0.334 e. The van der Waals surface area contributed by atoms with Crippen LogP contribution in [0.2, 0.25) is 0 Å². The summed E-state index contributed by atoms with van der Waals surface area (Å²) in [5, 5.41) is 19.7. The van der Waals surface area contributed by atoms with E-state index in [2.05, 4.69) is 6.58 Å². The summed E-state index contributed by atoms with van der Waals surface area (Å²) in [6.07, 6.45) is 12.4. The smallest absolute Gasteiger partial charge is 0.334 e. The molecule has 132 valence electrons. The molecule has 1 aromatic rings. The van der Waals surface area contributed by atoms with Crippen LogP contribution < -0.4 is 0 Å². The van der Waals surface area contributed by atoms with Crippen LogP contribution in [0.4, 0.5) is 0 Å². The summed E-state index contributed by atoms with van der Waals surface area (Å²) in [5.74, 6) is -1.24. The number of nitrogens with zero attached hydrogens (tertiary/aromatic N) is 1. The normalized spacial score (nSPS) is 22.2. The molecule has 1 aliphatic carbocycles. The molecule has 0 bridgehead atoms. The van der Waals surface area contributed by atoms with E-state index in [1.165, 1.54) is 0 Å². The fraction of sp³-hybridized carbons (Fsp3) is 0.286. The van der Waals surface area contributed by atoms with Gasteiger partial charge in [0.15, 0.2) is 6.10 Å². The molecule has 0 fully saturated rings. The number of carbonyl (C=O) groups is 1. The van der Waals surface area contributed by atoms with Gasteiger partial charge in [-0.2, -0.15) is 0 Å². The topological polar surface area (TPSA) is 60.8 Å². The fourth-order valence-corrected chi connectivity index (χ4v) is 3.14. The molecule has 2 N–H and O–H groups in total. The van der Waals surface area contributed by atoms with E-state index >= 15 is 0 Å². The van der Waals surface area contributed by atoms with E-state index in [-0.39, 0.29) is 0 Å². The minimum atomic E-state index is -1.53. The molecule has 4 heteroatoms. The van der Waals surface area contributed by atoms with Crippen LogP contribution in [0.1, 0.15) is 18.9 Å². The fourth-order valence-electron chi connectivity index (χ4n) is 3.14. The van der Waals surface area contributed by atoms with Crippen molar-refractivity contribution in [1.29, 1.82) is 0 Å². The second kappa shape index (κ2) is 8.60. The zero-order chi connectivity index (χ0) is 18.3. The SMILES string of the molecule is C=C[C@]1(N(Cc2ccccc2)C(C=CC)C(O)C(=O)O)C=CC=CC1. The molecule has 1 aromatic carbocycles. The van der Waals surface area contributed by atoms with Gasteiger partial charge in [0.1, 0.15) is 0 Å². The first-order chi connectivity index (χ1) is 12.0. The Morgan fingerprint density at radius 2 is 2.08 bits per heavy atom. The van der Waals surface area contributed by atoms with Crippen LogP contribution in [0.25, 0.3) is 0 Å². The van der Waals surface area contributed by atoms with E-state index in [4.69, 9.17) is 0 Å². The first kappa shape index (κ1) is 18.9. The van der Waals surface area contributed by atoms with Crippen LogP contribution >= 0.6 is 0 Å². The molecule has 0 heterocycles. The van der Waals surface area contributed by atoms with Crippen LogP contribution in [0.3, 0.4) is 0 Å². The number of aliphatic carboxylic acids is 1. The Balaban J connectivity index is 2.49. The Morgan fingerprint density at radius 1 is 1.36 bits per heavy atom. The summed E-state index contributed by atoms with van der Waals surface area (Å²) in [4.78, 5) is 13.5. The van der Waals surface area contributed by atoms with Crippen molar-refractivity contribution in [2.24, 2.45) is 0 Å². The van der Waals surface area contributed by atoms with E-state index in [0.29, 0.717) is 13.0 Å². The average Bonchev–Trinajstić information content (AvgIpc) is 2.65. The number of carboxylic acid groups (broad SMARTS) is 1. The largest absolute Gasteiger partial charge is 0.479 e. The number of hydrogen-bond acceptors (Lipinski definition) is 3. The molecule has 2 rings (SSSR count). The van der Waals surface area contributed by atoms with Gasteiger partial charge in [0.2, 0.25) is 0 Å². The van der Waals surface area contributed by atoms with Gasteiger partial charge in [-0.15, -0.1) is 6.58 Å². The van der Waals surface area contributed by atoms with Crippen molar-refractivity contribution in [3.8, 4) is 0 Å². The van der Waals surface area contributed by atoms with Gasteiger partial charge >= 0.3 is 5.97 Å².